The van der Waals surface area contributed by atoms with E-state index in [4.69, 9.17) is 5.11 Å². The van der Waals surface area contributed by atoms with E-state index >= 15 is 0 Å². The number of piperidine rings is 1. The molecule has 0 saturated carbocycles. The summed E-state index contributed by atoms with van der Waals surface area (Å²) in [4.78, 5) is 3.64. The molecule has 4 nitrogen and oxygen atoms in total. The highest BCUT2D eigenvalue weighted by atomic mass is 19.4. The summed E-state index contributed by atoms with van der Waals surface area (Å²) in [6.07, 6.45) is -2.58. The van der Waals surface area contributed by atoms with E-state index in [1.165, 1.54) is 0 Å². The predicted octanol–water partition coefficient (Wildman–Crippen LogP) is 1.80. The van der Waals surface area contributed by atoms with Crippen LogP contribution in [0.25, 0.3) is 0 Å². The summed E-state index contributed by atoms with van der Waals surface area (Å²) < 4.78 is 38.4. The Morgan fingerprint density at radius 1 is 1.30 bits per heavy atom. The van der Waals surface area contributed by atoms with Crippen molar-refractivity contribution in [3.8, 4) is 0 Å². The first-order valence-electron chi connectivity index (χ1n) is 6.65. The van der Waals surface area contributed by atoms with Crippen LogP contribution in [0.2, 0.25) is 0 Å². The van der Waals surface area contributed by atoms with Gasteiger partial charge in [-0.1, -0.05) is 0 Å². The number of anilines is 1. The minimum atomic E-state index is -4.48. The number of hydrogen-bond acceptors (Lipinski definition) is 4. The maximum absolute atomic E-state index is 12.8. The number of nitrogens with zero attached hydrogens (tertiary/aromatic N) is 1. The van der Waals surface area contributed by atoms with Crippen molar-refractivity contribution in [2.45, 2.75) is 31.5 Å². The van der Waals surface area contributed by atoms with Crippen LogP contribution in [0.1, 0.15) is 24.1 Å². The highest BCUT2D eigenvalue weighted by Gasteiger charge is 2.33. The van der Waals surface area contributed by atoms with Crippen molar-refractivity contribution in [3.63, 3.8) is 0 Å². The lowest BCUT2D eigenvalue weighted by Crippen LogP contribution is -2.35. The predicted molar refractivity (Wildman–Crippen MR) is 69.5 cm³/mol. The topological polar surface area (TPSA) is 57.2 Å². The average molecular weight is 289 g/mol. The minimum Gasteiger partial charge on any atom is -0.396 e. The number of aliphatic hydroxyl groups is 1. The number of alkyl halides is 3. The molecule has 0 radical (unpaired) electrons. The van der Waals surface area contributed by atoms with Crippen LogP contribution in [0.5, 0.6) is 0 Å². The summed E-state index contributed by atoms with van der Waals surface area (Å²) in [5.41, 5.74) is -0.480. The van der Waals surface area contributed by atoms with Gasteiger partial charge in [0.25, 0.3) is 0 Å². The van der Waals surface area contributed by atoms with Gasteiger partial charge in [-0.25, -0.2) is 4.98 Å². The quantitative estimate of drug-likeness (QED) is 0.791. The summed E-state index contributed by atoms with van der Waals surface area (Å²) >= 11 is 0. The monoisotopic (exact) mass is 289 g/mol. The minimum absolute atomic E-state index is 0.134. The molecule has 0 aliphatic carbocycles. The van der Waals surface area contributed by atoms with Crippen LogP contribution in [-0.4, -0.2) is 35.8 Å². The van der Waals surface area contributed by atoms with E-state index in [-0.39, 0.29) is 24.9 Å². The van der Waals surface area contributed by atoms with Crippen LogP contribution in [0.4, 0.5) is 19.0 Å². The van der Waals surface area contributed by atoms with Gasteiger partial charge in [-0.05, 0) is 50.0 Å². The van der Waals surface area contributed by atoms with Crippen molar-refractivity contribution in [1.82, 2.24) is 10.3 Å². The zero-order valence-electron chi connectivity index (χ0n) is 11.0. The third-order valence-corrected chi connectivity index (χ3v) is 3.27. The molecule has 0 aromatic carbocycles. The fraction of sp³-hybridized carbons (Fsp3) is 0.615. The molecule has 1 fully saturated rings. The Morgan fingerprint density at radius 3 is 2.60 bits per heavy atom. The molecular formula is C13H18F3N3O. The van der Waals surface area contributed by atoms with Crippen molar-refractivity contribution < 1.29 is 18.3 Å². The molecule has 0 bridgehead atoms. The summed E-state index contributed by atoms with van der Waals surface area (Å²) in [6, 6.07) is 2.70. The number of halogens is 3. The van der Waals surface area contributed by atoms with E-state index in [2.05, 4.69) is 15.6 Å². The molecule has 1 aromatic heterocycles. The SMILES string of the molecule is OCCc1cc(NC2CCNCC2)nc(C(F)(F)F)c1. The molecule has 1 aliphatic heterocycles. The highest BCUT2D eigenvalue weighted by Crippen LogP contribution is 2.30. The van der Waals surface area contributed by atoms with E-state index in [0.717, 1.165) is 32.0 Å². The lowest BCUT2D eigenvalue weighted by molar-refractivity contribution is -0.141. The standard InChI is InChI=1S/C13H18F3N3O/c14-13(15,16)11-7-9(3-6-20)8-12(19-11)18-10-1-4-17-5-2-10/h7-8,10,17,20H,1-6H2,(H,18,19). The Labute approximate surface area is 115 Å². The Bertz CT molecular complexity index is 445. The van der Waals surface area contributed by atoms with Crippen molar-refractivity contribution in [2.24, 2.45) is 0 Å². The van der Waals surface area contributed by atoms with Gasteiger partial charge in [-0.3, -0.25) is 0 Å². The summed E-state index contributed by atoms with van der Waals surface area (Å²) in [6.45, 7) is 1.51. The second-order valence-electron chi connectivity index (χ2n) is 4.89. The summed E-state index contributed by atoms with van der Waals surface area (Å²) in [5.74, 6) is 0.232. The van der Waals surface area contributed by atoms with E-state index in [1.807, 2.05) is 0 Å². The second kappa shape index (κ2) is 6.41. The van der Waals surface area contributed by atoms with Crippen LogP contribution in [0.3, 0.4) is 0 Å². The van der Waals surface area contributed by atoms with Crippen LogP contribution in [-0.2, 0) is 12.6 Å². The summed E-state index contributed by atoms with van der Waals surface area (Å²) in [7, 11) is 0. The number of rotatable bonds is 4. The Kier molecular flexibility index (Phi) is 4.82. The molecule has 112 valence electrons. The molecule has 1 saturated heterocycles. The maximum Gasteiger partial charge on any atom is 0.433 e. The van der Waals surface area contributed by atoms with Crippen molar-refractivity contribution >= 4 is 5.82 Å². The van der Waals surface area contributed by atoms with Crippen LogP contribution in [0.15, 0.2) is 12.1 Å². The molecule has 1 aromatic rings. The van der Waals surface area contributed by atoms with Gasteiger partial charge in [0.15, 0.2) is 0 Å². The molecule has 0 atom stereocenters. The number of hydrogen-bond donors (Lipinski definition) is 3. The smallest absolute Gasteiger partial charge is 0.396 e. The first-order valence-corrected chi connectivity index (χ1v) is 6.65. The van der Waals surface area contributed by atoms with Crippen molar-refractivity contribution in [3.05, 3.63) is 23.4 Å². The highest BCUT2D eigenvalue weighted by molar-refractivity contribution is 5.41. The molecule has 3 N–H and O–H groups in total. The fourth-order valence-electron chi connectivity index (χ4n) is 2.26. The Balaban J connectivity index is 2.19. The third kappa shape index (κ3) is 4.08. The lowest BCUT2D eigenvalue weighted by atomic mass is 10.1. The largest absolute Gasteiger partial charge is 0.433 e. The fourth-order valence-corrected chi connectivity index (χ4v) is 2.26. The Morgan fingerprint density at radius 2 is 2.00 bits per heavy atom. The van der Waals surface area contributed by atoms with E-state index in [9.17, 15) is 13.2 Å². The zero-order valence-corrected chi connectivity index (χ0v) is 11.0. The lowest BCUT2D eigenvalue weighted by Gasteiger charge is -2.24. The van der Waals surface area contributed by atoms with E-state index in [0.29, 0.717) is 5.56 Å². The Hall–Kier alpha value is -1.34. The average Bonchev–Trinajstić information content (AvgIpc) is 2.39. The van der Waals surface area contributed by atoms with Crippen molar-refractivity contribution in [1.29, 1.82) is 0 Å². The van der Waals surface area contributed by atoms with E-state index in [1.54, 1.807) is 6.07 Å². The van der Waals surface area contributed by atoms with Gasteiger partial charge in [0, 0.05) is 12.6 Å². The van der Waals surface area contributed by atoms with Gasteiger partial charge < -0.3 is 15.7 Å². The van der Waals surface area contributed by atoms with Crippen LogP contribution >= 0.6 is 0 Å². The van der Waals surface area contributed by atoms with Gasteiger partial charge in [-0.15, -0.1) is 0 Å². The third-order valence-electron chi connectivity index (χ3n) is 3.27. The number of aliphatic hydroxyl groups excluding tert-OH is 1. The second-order valence-corrected chi connectivity index (χ2v) is 4.89. The molecule has 0 spiro atoms. The molecule has 20 heavy (non-hydrogen) atoms. The van der Waals surface area contributed by atoms with Crippen LogP contribution in [0, 0.1) is 0 Å². The number of pyridine rings is 1. The molecule has 7 heteroatoms. The summed E-state index contributed by atoms with van der Waals surface area (Å²) in [5, 5.41) is 15.1. The molecule has 1 aliphatic rings. The molecular weight excluding hydrogens is 271 g/mol. The van der Waals surface area contributed by atoms with Gasteiger partial charge in [0.1, 0.15) is 11.5 Å². The first kappa shape index (κ1) is 15.1. The number of nitrogens with one attached hydrogen (secondary N) is 2. The van der Waals surface area contributed by atoms with Crippen molar-refractivity contribution in [2.75, 3.05) is 25.0 Å². The maximum atomic E-state index is 12.8. The molecule has 0 amide bonds. The molecule has 2 heterocycles. The first-order chi connectivity index (χ1) is 9.49. The van der Waals surface area contributed by atoms with Gasteiger partial charge >= 0.3 is 6.18 Å². The molecule has 0 unspecified atom stereocenters. The van der Waals surface area contributed by atoms with Gasteiger partial charge in [-0.2, -0.15) is 13.2 Å². The van der Waals surface area contributed by atoms with Gasteiger partial charge in [0.2, 0.25) is 0 Å². The molecule has 2 rings (SSSR count). The zero-order chi connectivity index (χ0) is 14.6. The number of aromatic nitrogens is 1. The van der Waals surface area contributed by atoms with Crippen LogP contribution < -0.4 is 10.6 Å². The normalized spacial score (nSPS) is 17.2. The van der Waals surface area contributed by atoms with E-state index < -0.39 is 11.9 Å². The van der Waals surface area contributed by atoms with Gasteiger partial charge in [0.05, 0.1) is 0 Å².